The number of aryl methyl sites for hydroxylation is 1. The summed E-state index contributed by atoms with van der Waals surface area (Å²) in [5, 5.41) is 4.41. The number of aromatic nitrogens is 2. The third-order valence-corrected chi connectivity index (χ3v) is 4.34. The number of fused-ring (bicyclic) bond motifs is 1. The van der Waals surface area contributed by atoms with E-state index in [2.05, 4.69) is 5.10 Å². The van der Waals surface area contributed by atoms with E-state index in [0.717, 1.165) is 12.0 Å². The van der Waals surface area contributed by atoms with Gasteiger partial charge in [0.05, 0.1) is 0 Å². The molecule has 4 rings (SSSR count). The van der Waals surface area contributed by atoms with Gasteiger partial charge in [-0.3, -0.25) is 9.48 Å². The molecule has 5 nitrogen and oxygen atoms in total. The lowest BCUT2D eigenvalue weighted by Crippen LogP contribution is -2.30. The van der Waals surface area contributed by atoms with Crippen LogP contribution in [-0.2, 0) is 13.2 Å². The minimum absolute atomic E-state index is 0.156. The Bertz CT molecular complexity index is 907. The number of amides is 1. The van der Waals surface area contributed by atoms with Gasteiger partial charge in [-0.25, -0.2) is 4.39 Å². The number of ether oxygens (including phenoxy) is 1. The zero-order chi connectivity index (χ0) is 17.9. The standard InChI is InChI=1S/C20H18FN3O2/c21-16-7-9-17(10-8-16)23-11-4-12-24-18(20(23)25)13-19(22-24)26-14-15-5-2-1-3-6-15/h1-3,5-10,13H,4,11-12,14H2. The minimum atomic E-state index is -0.322. The van der Waals surface area contributed by atoms with Gasteiger partial charge in [0.15, 0.2) is 0 Å². The van der Waals surface area contributed by atoms with Crippen molar-refractivity contribution in [3.63, 3.8) is 0 Å². The van der Waals surface area contributed by atoms with E-state index in [1.54, 1.807) is 27.8 Å². The number of hydrogen-bond acceptors (Lipinski definition) is 3. The molecule has 0 N–H and O–H groups in total. The molecule has 0 unspecified atom stereocenters. The molecule has 0 atom stereocenters. The second kappa shape index (κ2) is 7.00. The summed E-state index contributed by atoms with van der Waals surface area (Å²) in [6, 6.07) is 17.4. The lowest BCUT2D eigenvalue weighted by molar-refractivity contribution is 0.0982. The van der Waals surface area contributed by atoms with Gasteiger partial charge < -0.3 is 9.64 Å². The highest BCUT2D eigenvalue weighted by Gasteiger charge is 2.26. The predicted octanol–water partition coefficient (Wildman–Crippen LogP) is 3.65. The SMILES string of the molecule is O=C1c2cc(OCc3ccccc3)nn2CCCN1c1ccc(F)cc1. The van der Waals surface area contributed by atoms with Crippen LogP contribution in [0.15, 0.2) is 60.7 Å². The first kappa shape index (κ1) is 16.3. The van der Waals surface area contributed by atoms with Crippen LogP contribution in [-0.4, -0.2) is 22.2 Å². The second-order valence-electron chi connectivity index (χ2n) is 6.15. The smallest absolute Gasteiger partial charge is 0.276 e. The van der Waals surface area contributed by atoms with Crippen LogP contribution in [0.25, 0.3) is 0 Å². The number of rotatable bonds is 4. The Balaban J connectivity index is 1.54. The highest BCUT2D eigenvalue weighted by atomic mass is 19.1. The summed E-state index contributed by atoms with van der Waals surface area (Å²) in [5.41, 5.74) is 2.20. The fraction of sp³-hybridized carbons (Fsp3) is 0.200. The maximum Gasteiger partial charge on any atom is 0.276 e. The number of benzene rings is 2. The number of nitrogens with zero attached hydrogens (tertiary/aromatic N) is 3. The van der Waals surface area contributed by atoms with Crippen LogP contribution in [0.5, 0.6) is 5.88 Å². The molecule has 0 aliphatic carbocycles. The quantitative estimate of drug-likeness (QED) is 0.721. The van der Waals surface area contributed by atoms with E-state index in [1.807, 2.05) is 30.3 Å². The molecule has 2 aromatic carbocycles. The molecule has 132 valence electrons. The second-order valence-corrected chi connectivity index (χ2v) is 6.15. The largest absolute Gasteiger partial charge is 0.472 e. The molecule has 2 heterocycles. The first-order chi connectivity index (χ1) is 12.7. The van der Waals surface area contributed by atoms with Crippen molar-refractivity contribution in [2.45, 2.75) is 19.6 Å². The van der Waals surface area contributed by atoms with E-state index in [9.17, 15) is 9.18 Å². The summed E-state index contributed by atoms with van der Waals surface area (Å²) in [6.45, 7) is 1.59. The molecule has 3 aromatic rings. The van der Waals surface area contributed by atoms with Crippen molar-refractivity contribution in [2.75, 3.05) is 11.4 Å². The van der Waals surface area contributed by atoms with Crippen LogP contribution in [0.4, 0.5) is 10.1 Å². The Hall–Kier alpha value is -3.15. The van der Waals surface area contributed by atoms with E-state index in [0.29, 0.717) is 37.0 Å². The lowest BCUT2D eigenvalue weighted by atomic mass is 10.2. The third-order valence-electron chi connectivity index (χ3n) is 4.34. The molecule has 1 aliphatic heterocycles. The van der Waals surface area contributed by atoms with E-state index >= 15 is 0 Å². The lowest BCUT2D eigenvalue weighted by Gasteiger charge is -2.20. The number of hydrogen-bond donors (Lipinski definition) is 0. The normalized spacial score (nSPS) is 14.0. The van der Waals surface area contributed by atoms with Gasteiger partial charge in [-0.2, -0.15) is 0 Å². The molecule has 1 amide bonds. The van der Waals surface area contributed by atoms with Crippen molar-refractivity contribution in [3.05, 3.63) is 77.7 Å². The molecule has 6 heteroatoms. The highest BCUT2D eigenvalue weighted by molar-refractivity contribution is 6.05. The average Bonchev–Trinajstić information content (AvgIpc) is 3.01. The van der Waals surface area contributed by atoms with Crippen molar-refractivity contribution in [3.8, 4) is 5.88 Å². The zero-order valence-electron chi connectivity index (χ0n) is 14.1. The average molecular weight is 351 g/mol. The van der Waals surface area contributed by atoms with Gasteiger partial charge in [-0.1, -0.05) is 30.3 Å². The summed E-state index contributed by atoms with van der Waals surface area (Å²) in [5.74, 6) is -0.0491. The molecule has 0 spiro atoms. The molecular weight excluding hydrogens is 333 g/mol. The van der Waals surface area contributed by atoms with Crippen molar-refractivity contribution in [1.29, 1.82) is 0 Å². The van der Waals surface area contributed by atoms with Gasteiger partial charge in [-0.15, -0.1) is 5.10 Å². The topological polar surface area (TPSA) is 47.4 Å². The maximum atomic E-state index is 13.2. The predicted molar refractivity (Wildman–Crippen MR) is 95.7 cm³/mol. The van der Waals surface area contributed by atoms with Crippen molar-refractivity contribution < 1.29 is 13.9 Å². The number of carbonyl (C=O) groups excluding carboxylic acids is 1. The first-order valence-corrected chi connectivity index (χ1v) is 8.53. The molecule has 0 radical (unpaired) electrons. The van der Waals surface area contributed by atoms with Crippen LogP contribution < -0.4 is 9.64 Å². The molecule has 0 bridgehead atoms. The fourth-order valence-electron chi connectivity index (χ4n) is 3.02. The van der Waals surface area contributed by atoms with E-state index in [4.69, 9.17) is 4.74 Å². The van der Waals surface area contributed by atoms with Gasteiger partial charge in [0.1, 0.15) is 18.1 Å². The number of carbonyl (C=O) groups is 1. The molecule has 26 heavy (non-hydrogen) atoms. The van der Waals surface area contributed by atoms with Crippen LogP contribution >= 0.6 is 0 Å². The van der Waals surface area contributed by atoms with Crippen LogP contribution in [0.1, 0.15) is 22.5 Å². The Labute approximate surface area is 150 Å². The zero-order valence-corrected chi connectivity index (χ0v) is 14.1. The number of anilines is 1. The van der Waals surface area contributed by atoms with Crippen LogP contribution in [0, 0.1) is 5.82 Å². The highest BCUT2D eigenvalue weighted by Crippen LogP contribution is 2.23. The van der Waals surface area contributed by atoms with Gasteiger partial charge in [0.2, 0.25) is 5.88 Å². The summed E-state index contributed by atoms with van der Waals surface area (Å²) >= 11 is 0. The molecule has 0 saturated carbocycles. The van der Waals surface area contributed by atoms with Crippen molar-refractivity contribution >= 4 is 11.6 Å². The Morgan fingerprint density at radius 2 is 1.81 bits per heavy atom. The van der Waals surface area contributed by atoms with Gasteiger partial charge >= 0.3 is 0 Å². The van der Waals surface area contributed by atoms with Crippen LogP contribution in [0.2, 0.25) is 0 Å². The summed E-state index contributed by atoms with van der Waals surface area (Å²) in [7, 11) is 0. The van der Waals surface area contributed by atoms with Crippen molar-refractivity contribution in [1.82, 2.24) is 9.78 Å². The first-order valence-electron chi connectivity index (χ1n) is 8.53. The van der Waals surface area contributed by atoms with Gasteiger partial charge in [0, 0.05) is 24.8 Å². The summed E-state index contributed by atoms with van der Waals surface area (Å²) in [6.07, 6.45) is 0.760. The minimum Gasteiger partial charge on any atom is -0.472 e. The summed E-state index contributed by atoms with van der Waals surface area (Å²) < 4.78 is 20.6. The van der Waals surface area contributed by atoms with E-state index in [-0.39, 0.29) is 11.7 Å². The molecule has 1 aliphatic rings. The van der Waals surface area contributed by atoms with E-state index < -0.39 is 0 Å². The monoisotopic (exact) mass is 351 g/mol. The molecule has 0 fully saturated rings. The molecule has 1 aromatic heterocycles. The van der Waals surface area contributed by atoms with E-state index in [1.165, 1.54) is 12.1 Å². The molecular formula is C20H18FN3O2. The van der Waals surface area contributed by atoms with Crippen LogP contribution in [0.3, 0.4) is 0 Å². The van der Waals surface area contributed by atoms with Crippen molar-refractivity contribution in [2.24, 2.45) is 0 Å². The Morgan fingerprint density at radius 3 is 2.58 bits per heavy atom. The van der Waals surface area contributed by atoms with Gasteiger partial charge in [0.25, 0.3) is 5.91 Å². The third kappa shape index (κ3) is 3.31. The Morgan fingerprint density at radius 1 is 1.04 bits per heavy atom. The number of halogens is 1. The maximum absolute atomic E-state index is 13.2. The molecule has 0 saturated heterocycles. The summed E-state index contributed by atoms with van der Waals surface area (Å²) in [4.78, 5) is 14.6. The fourth-order valence-corrected chi connectivity index (χ4v) is 3.02. The van der Waals surface area contributed by atoms with Gasteiger partial charge in [-0.05, 0) is 36.2 Å². The Kier molecular flexibility index (Phi) is 4.39.